The Hall–Kier alpha value is -6.49. The second-order valence-corrected chi connectivity index (χ2v) is 12.5. The molecule has 0 fully saturated rings. The van der Waals surface area contributed by atoms with Gasteiger partial charge in [-0.3, -0.25) is 4.79 Å². The van der Waals surface area contributed by atoms with Crippen molar-refractivity contribution in [2.24, 2.45) is 0 Å². The van der Waals surface area contributed by atoms with E-state index >= 15 is 0 Å². The number of carbonyl (C=O) groups excluding carboxylic acids is 4. The van der Waals surface area contributed by atoms with Gasteiger partial charge in [-0.15, -0.1) is 0 Å². The Labute approximate surface area is 334 Å². The first-order valence-corrected chi connectivity index (χ1v) is 18.8. The van der Waals surface area contributed by atoms with E-state index in [4.69, 9.17) is 33.8 Å². The smallest absolute Gasteiger partial charge is 0.343 e. The number of hydrogen-bond donors (Lipinski definition) is 1. The van der Waals surface area contributed by atoms with Crippen molar-refractivity contribution < 1.29 is 47.6 Å². The highest BCUT2D eigenvalue weighted by Gasteiger charge is 2.13. The molecule has 57 heavy (non-hydrogen) atoms. The van der Waals surface area contributed by atoms with Gasteiger partial charge in [0.05, 0.1) is 39.1 Å². The van der Waals surface area contributed by atoms with Crippen LogP contribution in [0.15, 0.2) is 116 Å². The summed E-state index contributed by atoms with van der Waals surface area (Å²) in [6, 6.07) is 26.8. The molecule has 0 saturated heterocycles. The molecular formula is C46H51NO10. The highest BCUT2D eigenvalue weighted by Crippen LogP contribution is 2.28. The van der Waals surface area contributed by atoms with Gasteiger partial charge < -0.3 is 33.8 Å². The maximum Gasteiger partial charge on any atom is 0.343 e. The van der Waals surface area contributed by atoms with E-state index in [1.54, 1.807) is 61.7 Å². The summed E-state index contributed by atoms with van der Waals surface area (Å²) in [6.07, 6.45) is 11.7. The van der Waals surface area contributed by atoms with Gasteiger partial charge in [-0.25, -0.2) is 14.4 Å². The Balaban J connectivity index is 0.000000367. The number of unbranched alkanes of at least 4 members (excludes halogenated alkanes) is 6. The largest absolute Gasteiger partial charge is 0.497 e. The standard InChI is InChI=1S/C30H31NO6.C16H20O4/c1-3-29(32)36-19-7-5-4-6-18-35-27-15-10-23(11-16-27)30(33)37-28-17-12-24(20-25(28)21-31)22-8-13-26(34-2)14-9-22;1-2-16(18)20-12-6-4-3-5-11-19-15-9-7-14(13-17)8-10-15/h3,8-17,20-21,31H,1,4-7,18-19H2,2H3;2,7-10,13H,1,3-6,11-12H2. The molecule has 300 valence electrons. The fourth-order valence-corrected chi connectivity index (χ4v) is 5.16. The lowest BCUT2D eigenvalue weighted by atomic mass is 10.0. The van der Waals surface area contributed by atoms with Crippen LogP contribution in [0.1, 0.15) is 77.6 Å². The fourth-order valence-electron chi connectivity index (χ4n) is 5.16. The van der Waals surface area contributed by atoms with Crippen molar-refractivity contribution in [1.29, 1.82) is 5.41 Å². The molecule has 11 heteroatoms. The van der Waals surface area contributed by atoms with Crippen LogP contribution in [0.25, 0.3) is 11.1 Å². The molecule has 1 N–H and O–H groups in total. The number of ether oxygens (including phenoxy) is 6. The van der Waals surface area contributed by atoms with E-state index in [0.717, 1.165) is 86.4 Å². The summed E-state index contributed by atoms with van der Waals surface area (Å²) >= 11 is 0. The monoisotopic (exact) mass is 777 g/mol. The molecular weight excluding hydrogens is 727 g/mol. The first kappa shape index (κ1) is 44.9. The van der Waals surface area contributed by atoms with Gasteiger partial charge in [0, 0.05) is 29.5 Å². The third-order valence-corrected chi connectivity index (χ3v) is 8.33. The van der Waals surface area contributed by atoms with E-state index in [1.807, 2.05) is 36.4 Å². The number of nitrogens with one attached hydrogen (secondary N) is 1. The van der Waals surface area contributed by atoms with Gasteiger partial charge >= 0.3 is 17.9 Å². The highest BCUT2D eigenvalue weighted by atomic mass is 16.5. The molecule has 4 aromatic rings. The summed E-state index contributed by atoms with van der Waals surface area (Å²) in [5.41, 5.74) is 3.40. The summed E-state index contributed by atoms with van der Waals surface area (Å²) in [4.78, 5) is 44.9. The van der Waals surface area contributed by atoms with Gasteiger partial charge in [0.1, 0.15) is 29.3 Å². The molecule has 0 aliphatic heterocycles. The molecule has 0 saturated carbocycles. The summed E-state index contributed by atoms with van der Waals surface area (Å²) in [7, 11) is 1.62. The average molecular weight is 778 g/mol. The lowest BCUT2D eigenvalue weighted by Gasteiger charge is -2.11. The van der Waals surface area contributed by atoms with E-state index in [9.17, 15) is 19.2 Å². The van der Waals surface area contributed by atoms with Crippen molar-refractivity contribution in [2.45, 2.75) is 51.4 Å². The van der Waals surface area contributed by atoms with Crippen LogP contribution in [0.4, 0.5) is 0 Å². The predicted octanol–water partition coefficient (Wildman–Crippen LogP) is 9.41. The molecule has 0 atom stereocenters. The molecule has 0 radical (unpaired) electrons. The summed E-state index contributed by atoms with van der Waals surface area (Å²) in [6.45, 7) is 8.73. The van der Waals surface area contributed by atoms with Crippen molar-refractivity contribution in [2.75, 3.05) is 33.5 Å². The van der Waals surface area contributed by atoms with Crippen molar-refractivity contribution in [3.8, 4) is 34.1 Å². The summed E-state index contributed by atoms with van der Waals surface area (Å²) in [5.74, 6) is 1.25. The number of rotatable bonds is 24. The molecule has 0 spiro atoms. The van der Waals surface area contributed by atoms with Gasteiger partial charge in [-0.1, -0.05) is 31.4 Å². The lowest BCUT2D eigenvalue weighted by Crippen LogP contribution is -2.10. The average Bonchev–Trinajstić information content (AvgIpc) is 3.26. The molecule has 0 heterocycles. The lowest BCUT2D eigenvalue weighted by molar-refractivity contribution is -0.138. The number of benzene rings is 4. The number of methoxy groups -OCH3 is 1. The van der Waals surface area contributed by atoms with E-state index in [-0.39, 0.29) is 5.97 Å². The topological polar surface area (TPSA) is 148 Å². The molecule has 0 aliphatic rings. The maximum atomic E-state index is 12.7. The quantitative estimate of drug-likeness (QED) is 0.0182. The minimum Gasteiger partial charge on any atom is -0.497 e. The number of carbonyl (C=O) groups is 4. The van der Waals surface area contributed by atoms with Crippen LogP contribution in [0.5, 0.6) is 23.0 Å². The maximum absolute atomic E-state index is 12.7. The fraction of sp³-hybridized carbons (Fsp3) is 0.283. The molecule has 0 unspecified atom stereocenters. The van der Waals surface area contributed by atoms with Gasteiger partial charge in [0.25, 0.3) is 0 Å². The Morgan fingerprint density at radius 1 is 0.596 bits per heavy atom. The molecule has 0 amide bonds. The Bertz CT molecular complexity index is 1870. The van der Waals surface area contributed by atoms with Gasteiger partial charge in [0.15, 0.2) is 0 Å². The van der Waals surface area contributed by atoms with E-state index in [2.05, 4.69) is 13.2 Å². The van der Waals surface area contributed by atoms with Crippen molar-refractivity contribution in [1.82, 2.24) is 0 Å². The normalized spacial score (nSPS) is 10.1. The highest BCUT2D eigenvalue weighted by molar-refractivity contribution is 5.93. The van der Waals surface area contributed by atoms with Gasteiger partial charge in [-0.05, 0) is 135 Å². The van der Waals surface area contributed by atoms with Crippen molar-refractivity contribution in [3.05, 3.63) is 133 Å². The number of hydrogen-bond acceptors (Lipinski definition) is 11. The van der Waals surface area contributed by atoms with E-state index in [1.165, 1.54) is 12.3 Å². The first-order valence-electron chi connectivity index (χ1n) is 18.8. The van der Waals surface area contributed by atoms with Crippen LogP contribution < -0.4 is 18.9 Å². The molecule has 11 nitrogen and oxygen atoms in total. The van der Waals surface area contributed by atoms with E-state index < -0.39 is 11.9 Å². The second kappa shape index (κ2) is 26.3. The second-order valence-electron chi connectivity index (χ2n) is 12.5. The summed E-state index contributed by atoms with van der Waals surface area (Å²) < 4.78 is 31.9. The van der Waals surface area contributed by atoms with Crippen LogP contribution in [0.3, 0.4) is 0 Å². The third kappa shape index (κ3) is 17.2. The summed E-state index contributed by atoms with van der Waals surface area (Å²) in [5, 5.41) is 7.76. The minimum atomic E-state index is -0.510. The van der Waals surface area contributed by atoms with Crippen molar-refractivity contribution >= 4 is 30.4 Å². The van der Waals surface area contributed by atoms with Crippen LogP contribution in [0.2, 0.25) is 0 Å². The Morgan fingerprint density at radius 3 is 1.54 bits per heavy atom. The minimum absolute atomic E-state index is 0.317. The molecule has 0 aliphatic carbocycles. The van der Waals surface area contributed by atoms with E-state index in [0.29, 0.717) is 54.6 Å². The molecule has 4 rings (SSSR count). The zero-order chi connectivity index (χ0) is 41.1. The van der Waals surface area contributed by atoms with Crippen LogP contribution in [-0.4, -0.2) is 63.9 Å². The number of esters is 3. The predicted molar refractivity (Wildman–Crippen MR) is 220 cm³/mol. The zero-order valence-corrected chi connectivity index (χ0v) is 32.5. The molecule has 0 bridgehead atoms. The Kier molecular flexibility index (Phi) is 20.7. The Morgan fingerprint density at radius 2 is 1.07 bits per heavy atom. The van der Waals surface area contributed by atoms with Gasteiger partial charge in [0.2, 0.25) is 0 Å². The van der Waals surface area contributed by atoms with Crippen LogP contribution >= 0.6 is 0 Å². The first-order chi connectivity index (χ1) is 27.8. The van der Waals surface area contributed by atoms with Crippen molar-refractivity contribution in [3.63, 3.8) is 0 Å². The molecule has 0 aromatic heterocycles. The number of aldehydes is 1. The van der Waals surface area contributed by atoms with Crippen LogP contribution in [-0.2, 0) is 19.1 Å². The SMILES string of the molecule is C=CC(=O)OCCCCCCOc1ccc(C(=O)Oc2ccc(-c3ccc(OC)cc3)cc2C=N)cc1.C=CC(=O)OCCCCCCOc1ccc(C=O)cc1. The van der Waals surface area contributed by atoms with Gasteiger partial charge in [-0.2, -0.15) is 0 Å². The third-order valence-electron chi connectivity index (χ3n) is 8.33. The molecule has 4 aromatic carbocycles. The zero-order valence-electron chi connectivity index (χ0n) is 32.5. The van der Waals surface area contributed by atoms with Crippen LogP contribution in [0, 0.1) is 5.41 Å².